The maximum absolute atomic E-state index is 13.1. The molecule has 190 valence electrons. The van der Waals surface area contributed by atoms with E-state index in [0.717, 1.165) is 57.8 Å². The Balaban J connectivity index is 2.42. The van der Waals surface area contributed by atoms with Crippen LogP contribution >= 0.6 is 0 Å². The smallest absolute Gasteiger partial charge is 0.434 e. The summed E-state index contributed by atoms with van der Waals surface area (Å²) in [7, 11) is 0. The number of anilines is 2. The number of halogens is 6. The minimum Gasteiger partial charge on any atom is -0.440 e. The number of alkyl halides is 6. The van der Waals surface area contributed by atoms with Crippen molar-refractivity contribution in [3.8, 4) is 6.01 Å². The van der Waals surface area contributed by atoms with Crippen molar-refractivity contribution in [2.24, 2.45) is 0 Å². The number of unbranched alkanes of at least 4 members (excludes halogenated alkanes) is 4. The molecule has 0 N–H and O–H groups in total. The van der Waals surface area contributed by atoms with Gasteiger partial charge >= 0.3 is 18.4 Å². The number of hydrogen-bond donors (Lipinski definition) is 0. The van der Waals surface area contributed by atoms with Crippen LogP contribution in [-0.4, -0.2) is 59.6 Å². The Hall–Kier alpha value is -2.01. The fraction of sp³-hybridized carbons (Fsp3) is 0.857. The molecule has 0 unspecified atom stereocenters. The van der Waals surface area contributed by atoms with Crippen LogP contribution in [0.2, 0.25) is 0 Å². The fourth-order valence-corrected chi connectivity index (χ4v) is 3.61. The summed E-state index contributed by atoms with van der Waals surface area (Å²) in [6, 6.07) is -0.962. The van der Waals surface area contributed by atoms with Crippen LogP contribution in [0.15, 0.2) is 0 Å². The van der Waals surface area contributed by atoms with E-state index in [1.807, 2.05) is 18.7 Å². The molecule has 0 radical (unpaired) electrons. The van der Waals surface area contributed by atoms with E-state index in [9.17, 15) is 26.3 Å². The lowest BCUT2D eigenvalue weighted by atomic mass is 10.1. The lowest BCUT2D eigenvalue weighted by Crippen LogP contribution is -2.47. The molecule has 2 heterocycles. The Bertz CT molecular complexity index is 685. The summed E-state index contributed by atoms with van der Waals surface area (Å²) in [5, 5.41) is 0. The third kappa shape index (κ3) is 8.69. The summed E-state index contributed by atoms with van der Waals surface area (Å²) < 4.78 is 82.9. The number of aromatic nitrogens is 3. The molecule has 1 fully saturated rings. The van der Waals surface area contributed by atoms with Crippen molar-refractivity contribution in [3.63, 3.8) is 0 Å². The second kappa shape index (κ2) is 12.5. The van der Waals surface area contributed by atoms with Gasteiger partial charge in [-0.25, -0.2) is 0 Å². The topological polar surface area (TPSA) is 54.4 Å². The highest BCUT2D eigenvalue weighted by molar-refractivity contribution is 5.40. The van der Waals surface area contributed by atoms with Crippen molar-refractivity contribution in [3.05, 3.63) is 0 Å². The van der Waals surface area contributed by atoms with Gasteiger partial charge in [-0.1, -0.05) is 39.5 Å². The molecule has 0 spiro atoms. The van der Waals surface area contributed by atoms with Gasteiger partial charge in [0.25, 0.3) is 6.10 Å². The lowest BCUT2D eigenvalue weighted by molar-refractivity contribution is -0.301. The van der Waals surface area contributed by atoms with E-state index in [4.69, 9.17) is 0 Å². The van der Waals surface area contributed by atoms with Crippen molar-refractivity contribution < 1.29 is 31.1 Å². The average molecular weight is 486 g/mol. The van der Waals surface area contributed by atoms with Gasteiger partial charge in [-0.3, -0.25) is 0 Å². The van der Waals surface area contributed by atoms with Gasteiger partial charge in [-0.2, -0.15) is 41.3 Å². The SMILES string of the molecule is CCCCCN(CCCCC)c1nc(OC(C(F)(F)F)C(F)(F)F)nc(N2CCCCC2)n1. The van der Waals surface area contributed by atoms with E-state index in [2.05, 4.69) is 19.7 Å². The van der Waals surface area contributed by atoms with Crippen LogP contribution in [0.4, 0.5) is 38.2 Å². The summed E-state index contributed by atoms with van der Waals surface area (Å²) in [5.74, 6) is 0.102. The fourth-order valence-electron chi connectivity index (χ4n) is 3.61. The zero-order valence-corrected chi connectivity index (χ0v) is 19.2. The maximum Gasteiger partial charge on any atom is 0.434 e. The molecule has 1 aliphatic rings. The van der Waals surface area contributed by atoms with E-state index in [1.54, 1.807) is 4.90 Å². The predicted octanol–water partition coefficient (Wildman–Crippen LogP) is 5.92. The second-order valence-electron chi connectivity index (χ2n) is 8.25. The molecule has 1 aliphatic heterocycles. The first-order valence-corrected chi connectivity index (χ1v) is 11.6. The summed E-state index contributed by atoms with van der Waals surface area (Å²) in [6.07, 6.45) is -7.26. The highest BCUT2D eigenvalue weighted by Gasteiger charge is 2.59. The Kier molecular flexibility index (Phi) is 10.3. The Morgan fingerprint density at radius 2 is 1.36 bits per heavy atom. The van der Waals surface area contributed by atoms with Crippen LogP contribution in [0.5, 0.6) is 6.01 Å². The molecule has 12 heteroatoms. The molecule has 0 bridgehead atoms. The first kappa shape index (κ1) is 27.2. The van der Waals surface area contributed by atoms with Crippen molar-refractivity contribution in [2.75, 3.05) is 36.0 Å². The van der Waals surface area contributed by atoms with Gasteiger partial charge in [0.05, 0.1) is 0 Å². The third-order valence-corrected chi connectivity index (χ3v) is 5.39. The van der Waals surface area contributed by atoms with Crippen LogP contribution in [0, 0.1) is 0 Å². The van der Waals surface area contributed by atoms with Gasteiger partial charge in [0.15, 0.2) is 0 Å². The normalized spacial score (nSPS) is 15.2. The lowest BCUT2D eigenvalue weighted by Gasteiger charge is -2.29. The molecular weight excluding hydrogens is 452 g/mol. The molecule has 0 saturated carbocycles. The van der Waals surface area contributed by atoms with Crippen LogP contribution in [0.1, 0.15) is 71.6 Å². The predicted molar refractivity (Wildman–Crippen MR) is 114 cm³/mol. The van der Waals surface area contributed by atoms with Crippen molar-refractivity contribution in [1.29, 1.82) is 0 Å². The maximum atomic E-state index is 13.1. The van der Waals surface area contributed by atoms with Gasteiger partial charge in [0.1, 0.15) is 0 Å². The van der Waals surface area contributed by atoms with Crippen molar-refractivity contribution >= 4 is 11.9 Å². The molecule has 1 saturated heterocycles. The van der Waals surface area contributed by atoms with E-state index in [1.165, 1.54) is 0 Å². The Morgan fingerprint density at radius 3 is 1.85 bits per heavy atom. The zero-order chi connectivity index (χ0) is 24.5. The first-order chi connectivity index (χ1) is 15.6. The van der Waals surface area contributed by atoms with Crippen LogP contribution < -0.4 is 14.5 Å². The number of piperidine rings is 1. The van der Waals surface area contributed by atoms with E-state index < -0.39 is 24.5 Å². The van der Waals surface area contributed by atoms with Gasteiger partial charge in [0.2, 0.25) is 11.9 Å². The molecule has 2 rings (SSSR count). The van der Waals surface area contributed by atoms with Crippen molar-refractivity contribution in [1.82, 2.24) is 15.0 Å². The van der Waals surface area contributed by atoms with Gasteiger partial charge in [0, 0.05) is 26.2 Å². The van der Waals surface area contributed by atoms with Gasteiger partial charge in [-0.05, 0) is 32.1 Å². The zero-order valence-electron chi connectivity index (χ0n) is 19.2. The standard InChI is InChI=1S/C21H33F6N5O/c1-3-5-8-12-31(13-9-6-4-2)17-28-18(32-14-10-7-11-15-32)30-19(29-17)33-16(20(22,23)24)21(25,26)27/h16H,3-15H2,1-2H3. The largest absolute Gasteiger partial charge is 0.440 e. The minimum atomic E-state index is -5.65. The van der Waals surface area contributed by atoms with Crippen molar-refractivity contribution in [2.45, 2.75) is 90.1 Å². The molecule has 1 aromatic heterocycles. The number of ether oxygens (including phenoxy) is 1. The van der Waals surface area contributed by atoms with Crippen LogP contribution in [0.25, 0.3) is 0 Å². The molecule has 6 nitrogen and oxygen atoms in total. The molecule has 0 aliphatic carbocycles. The molecular formula is C21H33F6N5O. The molecule has 1 aromatic rings. The first-order valence-electron chi connectivity index (χ1n) is 11.6. The summed E-state index contributed by atoms with van der Waals surface area (Å²) >= 11 is 0. The molecule has 0 aromatic carbocycles. The molecule has 0 amide bonds. The number of hydrogen-bond acceptors (Lipinski definition) is 6. The molecule has 33 heavy (non-hydrogen) atoms. The van der Waals surface area contributed by atoms with Crippen LogP contribution in [0.3, 0.4) is 0 Å². The van der Waals surface area contributed by atoms with E-state index in [0.29, 0.717) is 26.2 Å². The van der Waals surface area contributed by atoms with E-state index >= 15 is 0 Å². The van der Waals surface area contributed by atoms with Crippen LogP contribution in [-0.2, 0) is 0 Å². The average Bonchev–Trinajstić information content (AvgIpc) is 2.75. The second-order valence-corrected chi connectivity index (χ2v) is 8.25. The van der Waals surface area contributed by atoms with Gasteiger partial charge < -0.3 is 14.5 Å². The van der Waals surface area contributed by atoms with E-state index in [-0.39, 0.29) is 11.9 Å². The highest BCUT2D eigenvalue weighted by Crippen LogP contribution is 2.36. The number of nitrogens with zero attached hydrogens (tertiary/aromatic N) is 5. The highest BCUT2D eigenvalue weighted by atomic mass is 19.4. The quantitative estimate of drug-likeness (QED) is 0.271. The summed E-state index contributed by atoms with van der Waals surface area (Å²) in [6.45, 7) is 6.30. The monoisotopic (exact) mass is 485 g/mol. The Labute approximate surface area is 190 Å². The van der Waals surface area contributed by atoms with Gasteiger partial charge in [-0.15, -0.1) is 0 Å². The summed E-state index contributed by atoms with van der Waals surface area (Å²) in [4.78, 5) is 15.8. The third-order valence-electron chi connectivity index (χ3n) is 5.39. The number of rotatable bonds is 12. The minimum absolute atomic E-state index is 0.0498. The summed E-state index contributed by atoms with van der Waals surface area (Å²) in [5.41, 5.74) is 0. The molecule has 0 atom stereocenters. The Morgan fingerprint density at radius 1 is 0.818 bits per heavy atom.